The lowest BCUT2D eigenvalue weighted by atomic mass is 10.0. The molecule has 0 aliphatic carbocycles. The van der Waals surface area contributed by atoms with Crippen LogP contribution < -0.4 is 10.1 Å². The van der Waals surface area contributed by atoms with E-state index < -0.39 is 0 Å². The monoisotopic (exact) mass is 278 g/mol. The van der Waals surface area contributed by atoms with E-state index in [4.69, 9.17) is 9.47 Å². The molecule has 2 heterocycles. The average molecular weight is 278 g/mol. The number of nitrogens with one attached hydrogen (secondary N) is 1. The Morgan fingerprint density at radius 1 is 1.40 bits per heavy atom. The molecule has 1 aliphatic rings. The number of nitrogens with zero attached hydrogens (tertiary/aromatic N) is 1. The van der Waals surface area contributed by atoms with Crippen molar-refractivity contribution in [1.82, 2.24) is 10.3 Å². The molecule has 1 aliphatic heterocycles. The van der Waals surface area contributed by atoms with E-state index >= 15 is 0 Å². The smallest absolute Gasteiger partial charge is 0.213 e. The SMILES string of the molecule is CCCNC(C)c1ccc(OCC2CCOCC2)nc1. The van der Waals surface area contributed by atoms with Crippen molar-refractivity contribution in [3.8, 4) is 5.88 Å². The number of rotatable bonds is 7. The molecular weight excluding hydrogens is 252 g/mol. The van der Waals surface area contributed by atoms with Crippen LogP contribution in [0.5, 0.6) is 5.88 Å². The van der Waals surface area contributed by atoms with Crippen LogP contribution in [0.3, 0.4) is 0 Å². The van der Waals surface area contributed by atoms with Crippen molar-refractivity contribution in [2.75, 3.05) is 26.4 Å². The number of hydrogen-bond acceptors (Lipinski definition) is 4. The molecule has 0 amide bonds. The van der Waals surface area contributed by atoms with E-state index in [-0.39, 0.29) is 0 Å². The summed E-state index contributed by atoms with van der Waals surface area (Å²) in [4.78, 5) is 4.40. The number of aromatic nitrogens is 1. The minimum atomic E-state index is 0.340. The molecule has 112 valence electrons. The fourth-order valence-corrected chi connectivity index (χ4v) is 2.33. The summed E-state index contributed by atoms with van der Waals surface area (Å²) in [6.07, 6.45) is 5.24. The molecule has 0 bridgehead atoms. The summed E-state index contributed by atoms with van der Waals surface area (Å²) >= 11 is 0. The van der Waals surface area contributed by atoms with Gasteiger partial charge in [0.2, 0.25) is 5.88 Å². The highest BCUT2D eigenvalue weighted by atomic mass is 16.5. The van der Waals surface area contributed by atoms with E-state index in [9.17, 15) is 0 Å². The van der Waals surface area contributed by atoms with Crippen LogP contribution in [-0.4, -0.2) is 31.3 Å². The first-order valence-corrected chi connectivity index (χ1v) is 7.69. The van der Waals surface area contributed by atoms with Gasteiger partial charge < -0.3 is 14.8 Å². The Morgan fingerprint density at radius 3 is 2.85 bits per heavy atom. The molecule has 1 unspecified atom stereocenters. The molecule has 20 heavy (non-hydrogen) atoms. The third-order valence-electron chi connectivity index (χ3n) is 3.77. The average Bonchev–Trinajstić information content (AvgIpc) is 2.52. The van der Waals surface area contributed by atoms with Crippen molar-refractivity contribution in [1.29, 1.82) is 0 Å². The largest absolute Gasteiger partial charge is 0.477 e. The highest BCUT2D eigenvalue weighted by molar-refractivity contribution is 5.20. The Hall–Kier alpha value is -1.13. The van der Waals surface area contributed by atoms with E-state index in [2.05, 4.69) is 30.2 Å². The molecule has 0 radical (unpaired) electrons. The fourth-order valence-electron chi connectivity index (χ4n) is 2.33. The van der Waals surface area contributed by atoms with Crippen LogP contribution in [0.15, 0.2) is 18.3 Å². The van der Waals surface area contributed by atoms with Crippen LogP contribution in [0, 0.1) is 5.92 Å². The van der Waals surface area contributed by atoms with Crippen molar-refractivity contribution in [3.63, 3.8) is 0 Å². The summed E-state index contributed by atoms with van der Waals surface area (Å²) in [7, 11) is 0. The molecule has 1 atom stereocenters. The Balaban J connectivity index is 1.78. The minimum Gasteiger partial charge on any atom is -0.477 e. The van der Waals surface area contributed by atoms with Crippen molar-refractivity contribution in [2.24, 2.45) is 5.92 Å². The van der Waals surface area contributed by atoms with Gasteiger partial charge in [0.15, 0.2) is 0 Å². The maximum atomic E-state index is 5.77. The van der Waals surface area contributed by atoms with Gasteiger partial charge in [-0.3, -0.25) is 0 Å². The summed E-state index contributed by atoms with van der Waals surface area (Å²) in [6.45, 7) is 7.84. The highest BCUT2D eigenvalue weighted by Crippen LogP contribution is 2.18. The first kappa shape index (κ1) is 15.3. The normalized spacial score (nSPS) is 17.9. The number of hydrogen-bond donors (Lipinski definition) is 1. The molecule has 1 aromatic heterocycles. The topological polar surface area (TPSA) is 43.4 Å². The van der Waals surface area contributed by atoms with Crippen LogP contribution in [0.2, 0.25) is 0 Å². The molecule has 0 saturated carbocycles. The molecule has 0 spiro atoms. The second-order valence-electron chi connectivity index (χ2n) is 5.47. The van der Waals surface area contributed by atoms with Gasteiger partial charge in [-0.1, -0.05) is 13.0 Å². The fraction of sp³-hybridized carbons (Fsp3) is 0.688. The van der Waals surface area contributed by atoms with Gasteiger partial charge in [0.05, 0.1) is 6.61 Å². The Labute approximate surface area is 121 Å². The van der Waals surface area contributed by atoms with Crippen LogP contribution >= 0.6 is 0 Å². The van der Waals surface area contributed by atoms with Crippen molar-refractivity contribution in [3.05, 3.63) is 23.9 Å². The van der Waals surface area contributed by atoms with Gasteiger partial charge in [0.25, 0.3) is 0 Å². The lowest BCUT2D eigenvalue weighted by Gasteiger charge is -2.21. The summed E-state index contributed by atoms with van der Waals surface area (Å²) < 4.78 is 11.1. The predicted molar refractivity (Wildman–Crippen MR) is 80.0 cm³/mol. The third-order valence-corrected chi connectivity index (χ3v) is 3.77. The Morgan fingerprint density at radius 2 is 2.20 bits per heavy atom. The predicted octanol–water partition coefficient (Wildman–Crippen LogP) is 2.95. The molecule has 4 nitrogen and oxygen atoms in total. The van der Waals surface area contributed by atoms with Gasteiger partial charge in [0, 0.05) is 31.5 Å². The summed E-state index contributed by atoms with van der Waals surface area (Å²) in [5.41, 5.74) is 1.21. The molecule has 1 N–H and O–H groups in total. The molecule has 1 aromatic rings. The van der Waals surface area contributed by atoms with Gasteiger partial charge in [-0.25, -0.2) is 4.98 Å². The molecule has 0 aromatic carbocycles. The first-order valence-electron chi connectivity index (χ1n) is 7.69. The maximum Gasteiger partial charge on any atom is 0.213 e. The number of ether oxygens (including phenoxy) is 2. The van der Waals surface area contributed by atoms with E-state index in [0.29, 0.717) is 12.0 Å². The summed E-state index contributed by atoms with van der Waals surface area (Å²) in [6, 6.07) is 4.41. The zero-order valence-electron chi connectivity index (χ0n) is 12.6. The molecular formula is C16H26N2O2. The van der Waals surface area contributed by atoms with Gasteiger partial charge in [-0.2, -0.15) is 0 Å². The zero-order chi connectivity index (χ0) is 14.2. The van der Waals surface area contributed by atoms with E-state index in [1.165, 1.54) is 5.56 Å². The molecule has 4 heteroatoms. The zero-order valence-corrected chi connectivity index (χ0v) is 12.6. The highest BCUT2D eigenvalue weighted by Gasteiger charge is 2.14. The second kappa shape index (κ2) is 8.22. The van der Waals surface area contributed by atoms with Crippen molar-refractivity contribution in [2.45, 2.75) is 39.2 Å². The van der Waals surface area contributed by atoms with Gasteiger partial charge in [-0.05, 0) is 44.2 Å². The first-order chi connectivity index (χ1) is 9.79. The standard InChI is InChI=1S/C16H26N2O2/c1-3-8-17-13(2)15-4-5-16(18-11-15)20-12-14-6-9-19-10-7-14/h4-5,11,13-14,17H,3,6-10,12H2,1-2H3. The van der Waals surface area contributed by atoms with Gasteiger partial charge in [-0.15, -0.1) is 0 Å². The molecule has 2 rings (SSSR count). The van der Waals surface area contributed by atoms with Crippen LogP contribution in [0.25, 0.3) is 0 Å². The van der Waals surface area contributed by atoms with Crippen LogP contribution in [-0.2, 0) is 4.74 Å². The van der Waals surface area contributed by atoms with E-state index in [0.717, 1.165) is 51.5 Å². The van der Waals surface area contributed by atoms with Crippen molar-refractivity contribution >= 4 is 0 Å². The van der Waals surface area contributed by atoms with Crippen LogP contribution in [0.1, 0.15) is 44.7 Å². The minimum absolute atomic E-state index is 0.340. The Kier molecular flexibility index (Phi) is 6.27. The van der Waals surface area contributed by atoms with E-state index in [1.54, 1.807) is 0 Å². The lowest BCUT2D eigenvalue weighted by molar-refractivity contribution is 0.0490. The Bertz CT molecular complexity index is 375. The van der Waals surface area contributed by atoms with Crippen molar-refractivity contribution < 1.29 is 9.47 Å². The van der Waals surface area contributed by atoms with E-state index in [1.807, 2.05) is 12.3 Å². The quantitative estimate of drug-likeness (QED) is 0.833. The van der Waals surface area contributed by atoms with Gasteiger partial charge in [0.1, 0.15) is 0 Å². The molecule has 1 saturated heterocycles. The van der Waals surface area contributed by atoms with Gasteiger partial charge >= 0.3 is 0 Å². The molecule has 1 fully saturated rings. The summed E-state index contributed by atoms with van der Waals surface area (Å²) in [5, 5.41) is 3.46. The van der Waals surface area contributed by atoms with Crippen LogP contribution in [0.4, 0.5) is 0 Å². The summed E-state index contributed by atoms with van der Waals surface area (Å²) in [5.74, 6) is 1.33. The maximum absolute atomic E-state index is 5.77. The lowest BCUT2D eigenvalue weighted by Crippen LogP contribution is -2.22. The number of pyridine rings is 1. The second-order valence-corrected chi connectivity index (χ2v) is 5.47. The third kappa shape index (κ3) is 4.76.